The average molecular weight is 476 g/mol. The highest BCUT2D eigenvalue weighted by Gasteiger charge is 2.34. The van der Waals surface area contributed by atoms with Crippen LogP contribution in [-0.2, 0) is 12.6 Å². The van der Waals surface area contributed by atoms with Crippen molar-refractivity contribution >= 4 is 17.4 Å². The van der Waals surface area contributed by atoms with Crippen LogP contribution < -0.4 is 10.1 Å². The van der Waals surface area contributed by atoms with Crippen LogP contribution in [0.25, 0.3) is 16.9 Å². The number of anilines is 1. The van der Waals surface area contributed by atoms with Gasteiger partial charge in [0, 0.05) is 17.7 Å². The Balaban J connectivity index is 1.80. The minimum Gasteiger partial charge on any atom is -0.406 e. The molecule has 0 spiro atoms. The first-order valence-corrected chi connectivity index (χ1v) is 10.00. The third kappa shape index (κ3) is 4.64. The van der Waals surface area contributed by atoms with Crippen LogP contribution in [0.5, 0.6) is 5.75 Å². The van der Waals surface area contributed by atoms with Crippen LogP contribution >= 0.6 is 11.6 Å². The second kappa shape index (κ2) is 8.23. The SMILES string of the molecule is FC(F)(F)Oc1ccc(-n2nc(-c3ccc(Cl)c(C(F)(F)F)c3)c3c2NCCCC3)cc1. The molecule has 2 aromatic carbocycles. The highest BCUT2D eigenvalue weighted by atomic mass is 35.5. The van der Waals surface area contributed by atoms with E-state index >= 15 is 0 Å². The molecule has 0 aliphatic carbocycles. The molecule has 1 aliphatic heterocycles. The minimum atomic E-state index is -4.82. The highest BCUT2D eigenvalue weighted by Crippen LogP contribution is 2.40. The van der Waals surface area contributed by atoms with E-state index in [2.05, 4.69) is 15.2 Å². The number of hydrogen-bond acceptors (Lipinski definition) is 3. The molecule has 0 saturated heterocycles. The first-order valence-electron chi connectivity index (χ1n) is 9.62. The van der Waals surface area contributed by atoms with Crippen LogP contribution in [0.2, 0.25) is 5.02 Å². The van der Waals surface area contributed by atoms with Crippen molar-refractivity contribution in [2.45, 2.75) is 31.8 Å². The summed E-state index contributed by atoms with van der Waals surface area (Å²) in [6.07, 6.45) is -7.21. The molecule has 11 heteroatoms. The lowest BCUT2D eigenvalue weighted by Gasteiger charge is -2.11. The smallest absolute Gasteiger partial charge is 0.406 e. The van der Waals surface area contributed by atoms with E-state index in [9.17, 15) is 26.3 Å². The number of alkyl halides is 6. The van der Waals surface area contributed by atoms with Crippen LogP contribution in [-0.4, -0.2) is 22.7 Å². The van der Waals surface area contributed by atoms with E-state index in [0.717, 1.165) is 36.6 Å². The summed E-state index contributed by atoms with van der Waals surface area (Å²) in [6.45, 7) is 0.627. The van der Waals surface area contributed by atoms with Gasteiger partial charge in [-0.25, -0.2) is 4.68 Å². The van der Waals surface area contributed by atoms with E-state index in [1.54, 1.807) is 0 Å². The molecule has 0 radical (unpaired) electrons. The standard InChI is InChI=1S/C21H16ClF6N3O/c22-17-9-4-12(11-16(17)20(23,24)25)18-15-3-1-2-10-29-19(15)31(30-18)13-5-7-14(8-6-13)32-21(26,27)28/h4-9,11,29H,1-3,10H2. The van der Waals surface area contributed by atoms with E-state index in [0.29, 0.717) is 30.2 Å². The van der Waals surface area contributed by atoms with Crippen molar-refractivity contribution in [2.24, 2.45) is 0 Å². The van der Waals surface area contributed by atoms with Gasteiger partial charge in [-0.2, -0.15) is 18.3 Å². The van der Waals surface area contributed by atoms with Gasteiger partial charge in [-0.05, 0) is 55.7 Å². The monoisotopic (exact) mass is 475 g/mol. The van der Waals surface area contributed by atoms with Gasteiger partial charge in [0.25, 0.3) is 0 Å². The van der Waals surface area contributed by atoms with Crippen molar-refractivity contribution in [2.75, 3.05) is 11.9 Å². The minimum absolute atomic E-state index is 0.248. The lowest BCUT2D eigenvalue weighted by Crippen LogP contribution is -2.17. The first kappa shape index (κ1) is 22.3. The van der Waals surface area contributed by atoms with Crippen LogP contribution in [0.15, 0.2) is 42.5 Å². The van der Waals surface area contributed by atoms with Crippen molar-refractivity contribution in [3.63, 3.8) is 0 Å². The number of fused-ring (bicyclic) bond motifs is 1. The Labute approximate surface area is 183 Å². The maximum absolute atomic E-state index is 13.4. The third-order valence-corrected chi connectivity index (χ3v) is 5.32. The summed E-state index contributed by atoms with van der Waals surface area (Å²) in [4.78, 5) is 0. The molecule has 0 bridgehead atoms. The molecule has 32 heavy (non-hydrogen) atoms. The van der Waals surface area contributed by atoms with E-state index < -0.39 is 23.1 Å². The normalized spacial score (nSPS) is 14.5. The summed E-state index contributed by atoms with van der Waals surface area (Å²) in [5.41, 5.74) is 0.801. The van der Waals surface area contributed by atoms with Gasteiger partial charge in [0.15, 0.2) is 0 Å². The van der Waals surface area contributed by atoms with Gasteiger partial charge in [-0.1, -0.05) is 17.7 Å². The van der Waals surface area contributed by atoms with Gasteiger partial charge in [0.05, 0.1) is 22.0 Å². The molecular formula is C21H16ClF6N3O. The number of rotatable bonds is 3. The molecule has 3 aromatic rings. The van der Waals surface area contributed by atoms with Gasteiger partial charge in [0.2, 0.25) is 0 Å². The Morgan fingerprint density at radius 2 is 1.69 bits per heavy atom. The van der Waals surface area contributed by atoms with Crippen molar-refractivity contribution < 1.29 is 31.1 Å². The summed E-state index contributed by atoms with van der Waals surface area (Å²) in [5.74, 6) is 0.200. The number of nitrogens with one attached hydrogen (secondary N) is 1. The van der Waals surface area contributed by atoms with Crippen LogP contribution in [0.1, 0.15) is 24.0 Å². The van der Waals surface area contributed by atoms with Gasteiger partial charge in [-0.3, -0.25) is 0 Å². The van der Waals surface area contributed by atoms with Crippen molar-refractivity contribution in [1.29, 1.82) is 0 Å². The maximum Gasteiger partial charge on any atom is 0.573 e. The Morgan fingerprint density at radius 3 is 2.34 bits per heavy atom. The molecular weight excluding hydrogens is 460 g/mol. The molecule has 170 valence electrons. The number of benzene rings is 2. The fourth-order valence-corrected chi connectivity index (χ4v) is 3.82. The zero-order chi connectivity index (χ0) is 23.1. The first-order chi connectivity index (χ1) is 15.0. The molecule has 0 atom stereocenters. The Kier molecular flexibility index (Phi) is 5.74. The summed E-state index contributed by atoms with van der Waals surface area (Å²) in [5, 5.41) is 7.33. The van der Waals surface area contributed by atoms with E-state index in [4.69, 9.17) is 11.6 Å². The summed E-state index contributed by atoms with van der Waals surface area (Å²) < 4.78 is 82.7. The lowest BCUT2D eigenvalue weighted by atomic mass is 10.0. The second-order valence-electron chi connectivity index (χ2n) is 7.21. The van der Waals surface area contributed by atoms with Gasteiger partial charge >= 0.3 is 12.5 Å². The van der Waals surface area contributed by atoms with E-state index in [1.807, 2.05) is 0 Å². The molecule has 0 fully saturated rings. The highest BCUT2D eigenvalue weighted by molar-refractivity contribution is 6.31. The van der Waals surface area contributed by atoms with Crippen LogP contribution in [0.3, 0.4) is 0 Å². The molecule has 1 aliphatic rings. The van der Waals surface area contributed by atoms with Gasteiger partial charge in [-0.15, -0.1) is 13.2 Å². The fraction of sp³-hybridized carbons (Fsp3) is 0.286. The lowest BCUT2D eigenvalue weighted by molar-refractivity contribution is -0.274. The average Bonchev–Trinajstić information content (AvgIpc) is 2.88. The predicted octanol–water partition coefficient (Wildman–Crippen LogP) is 6.86. The second-order valence-corrected chi connectivity index (χ2v) is 7.61. The number of halogens is 7. The molecule has 4 rings (SSSR count). The maximum atomic E-state index is 13.4. The molecule has 0 saturated carbocycles. The predicted molar refractivity (Wildman–Crippen MR) is 107 cm³/mol. The van der Waals surface area contributed by atoms with Crippen molar-refractivity contribution in [1.82, 2.24) is 9.78 Å². The van der Waals surface area contributed by atoms with E-state index in [-0.39, 0.29) is 11.3 Å². The van der Waals surface area contributed by atoms with Gasteiger partial charge in [0.1, 0.15) is 11.6 Å². The fourth-order valence-electron chi connectivity index (χ4n) is 3.60. The Morgan fingerprint density at radius 1 is 0.969 bits per heavy atom. The molecule has 1 N–H and O–H groups in total. The topological polar surface area (TPSA) is 39.1 Å². The zero-order valence-corrected chi connectivity index (χ0v) is 17.1. The summed E-state index contributed by atoms with van der Waals surface area (Å²) in [7, 11) is 0. The molecule has 2 heterocycles. The molecule has 4 nitrogen and oxygen atoms in total. The third-order valence-electron chi connectivity index (χ3n) is 4.99. The Hall–Kier alpha value is -2.88. The Bertz CT molecular complexity index is 1120. The zero-order valence-electron chi connectivity index (χ0n) is 16.3. The summed E-state index contributed by atoms with van der Waals surface area (Å²) >= 11 is 5.75. The van der Waals surface area contributed by atoms with Crippen molar-refractivity contribution in [3.05, 3.63) is 58.6 Å². The van der Waals surface area contributed by atoms with E-state index in [1.165, 1.54) is 28.9 Å². The molecule has 0 unspecified atom stereocenters. The number of aromatic nitrogens is 2. The number of ether oxygens (including phenoxy) is 1. The number of hydrogen-bond donors (Lipinski definition) is 1. The van der Waals surface area contributed by atoms with Crippen molar-refractivity contribution in [3.8, 4) is 22.7 Å². The quantitative estimate of drug-likeness (QED) is 0.421. The summed E-state index contributed by atoms with van der Waals surface area (Å²) in [6, 6.07) is 8.70. The molecule has 1 aromatic heterocycles. The number of nitrogens with zero attached hydrogens (tertiary/aromatic N) is 2. The van der Waals surface area contributed by atoms with Crippen LogP contribution in [0.4, 0.5) is 32.2 Å². The van der Waals surface area contributed by atoms with Crippen LogP contribution in [0, 0.1) is 0 Å². The molecule has 0 amide bonds. The largest absolute Gasteiger partial charge is 0.573 e. The van der Waals surface area contributed by atoms with Gasteiger partial charge < -0.3 is 10.1 Å².